The quantitative estimate of drug-likeness (QED) is 0.751. The first kappa shape index (κ1) is 11.1. The number of hydrogen-bond acceptors (Lipinski definition) is 4. The number of hydrogen-bond donors (Lipinski definition) is 1. The zero-order valence-corrected chi connectivity index (χ0v) is 10.4. The van der Waals surface area contributed by atoms with E-state index in [1.54, 1.807) is 11.5 Å². The van der Waals surface area contributed by atoms with Crippen LogP contribution in [0.25, 0.3) is 10.3 Å². The van der Waals surface area contributed by atoms with Crippen molar-refractivity contribution in [1.29, 1.82) is 0 Å². The first-order valence-electron chi connectivity index (χ1n) is 4.93. The van der Waals surface area contributed by atoms with E-state index in [0.29, 0.717) is 16.2 Å². The van der Waals surface area contributed by atoms with Gasteiger partial charge in [0.05, 0.1) is 0 Å². The predicted octanol–water partition coefficient (Wildman–Crippen LogP) is 1.21. The van der Waals surface area contributed by atoms with Crippen molar-refractivity contribution >= 4 is 21.7 Å². The van der Waals surface area contributed by atoms with Gasteiger partial charge in [-0.1, -0.05) is 11.3 Å². The van der Waals surface area contributed by atoms with E-state index >= 15 is 0 Å². The second-order valence-corrected chi connectivity index (χ2v) is 5.64. The second-order valence-electron chi connectivity index (χ2n) is 4.68. The number of aromatic nitrogens is 3. The van der Waals surface area contributed by atoms with Gasteiger partial charge >= 0.3 is 4.87 Å². The molecule has 0 saturated carbocycles. The summed E-state index contributed by atoms with van der Waals surface area (Å²) >= 11 is 0.942. The standard InChI is InChI=1S/C10H13N3O2S/c1-5-11-7-6(8(14)12-5)16-9(15)13(7)10(2,3)4/h1-4H3,(H,11,12,14). The van der Waals surface area contributed by atoms with Gasteiger partial charge in [-0.3, -0.25) is 14.2 Å². The Hall–Kier alpha value is -1.43. The van der Waals surface area contributed by atoms with Gasteiger partial charge in [0.25, 0.3) is 5.56 Å². The maximum atomic E-state index is 11.8. The smallest absolute Gasteiger partial charge is 0.309 e. The van der Waals surface area contributed by atoms with Crippen molar-refractivity contribution < 1.29 is 0 Å². The predicted molar refractivity (Wildman–Crippen MR) is 64.2 cm³/mol. The fourth-order valence-corrected chi connectivity index (χ4v) is 2.61. The van der Waals surface area contributed by atoms with Gasteiger partial charge in [0.15, 0.2) is 5.65 Å². The molecule has 2 aromatic rings. The van der Waals surface area contributed by atoms with Crippen LogP contribution in [-0.2, 0) is 5.54 Å². The number of rotatable bonds is 0. The van der Waals surface area contributed by atoms with Gasteiger partial charge in [0, 0.05) is 5.54 Å². The Morgan fingerprint density at radius 3 is 2.50 bits per heavy atom. The molecule has 1 N–H and O–H groups in total. The molecule has 2 aromatic heterocycles. The first-order valence-corrected chi connectivity index (χ1v) is 5.75. The van der Waals surface area contributed by atoms with Crippen LogP contribution in [0.1, 0.15) is 26.6 Å². The van der Waals surface area contributed by atoms with Gasteiger partial charge in [-0.05, 0) is 27.7 Å². The summed E-state index contributed by atoms with van der Waals surface area (Å²) in [6.45, 7) is 7.45. The number of H-pyrrole nitrogens is 1. The van der Waals surface area contributed by atoms with E-state index in [2.05, 4.69) is 9.97 Å². The SMILES string of the molecule is Cc1nc2c(sc(=O)n2C(C)(C)C)c(=O)[nH]1. The average molecular weight is 239 g/mol. The van der Waals surface area contributed by atoms with Crippen LogP contribution in [0.4, 0.5) is 0 Å². The number of aromatic amines is 1. The first-order chi connectivity index (χ1) is 7.30. The molecular formula is C10H13N3O2S. The maximum Gasteiger partial charge on any atom is 0.310 e. The lowest BCUT2D eigenvalue weighted by molar-refractivity contribution is 0.401. The fraction of sp³-hybridized carbons (Fsp3) is 0.500. The van der Waals surface area contributed by atoms with Gasteiger partial charge in [-0.15, -0.1) is 0 Å². The Labute approximate surface area is 95.8 Å². The summed E-state index contributed by atoms with van der Waals surface area (Å²) in [7, 11) is 0. The average Bonchev–Trinajstić information content (AvgIpc) is 2.40. The van der Waals surface area contributed by atoms with Crippen LogP contribution in [0.15, 0.2) is 9.59 Å². The van der Waals surface area contributed by atoms with E-state index in [-0.39, 0.29) is 16.0 Å². The number of nitrogens with one attached hydrogen (secondary N) is 1. The topological polar surface area (TPSA) is 67.8 Å². The maximum absolute atomic E-state index is 11.8. The summed E-state index contributed by atoms with van der Waals surface area (Å²) in [6.07, 6.45) is 0. The van der Waals surface area contributed by atoms with Crippen LogP contribution < -0.4 is 10.4 Å². The highest BCUT2D eigenvalue weighted by atomic mass is 32.1. The van der Waals surface area contributed by atoms with Crippen molar-refractivity contribution in [3.63, 3.8) is 0 Å². The molecule has 0 bridgehead atoms. The molecule has 0 unspecified atom stereocenters. The molecule has 0 spiro atoms. The number of aryl methyl sites for hydroxylation is 1. The van der Waals surface area contributed by atoms with Crippen LogP contribution in [0.5, 0.6) is 0 Å². The van der Waals surface area contributed by atoms with E-state index in [0.717, 1.165) is 11.3 Å². The zero-order valence-electron chi connectivity index (χ0n) is 9.62. The Balaban J connectivity index is 3.01. The molecule has 0 radical (unpaired) electrons. The molecular weight excluding hydrogens is 226 g/mol. The van der Waals surface area contributed by atoms with Gasteiger partial charge in [0.1, 0.15) is 10.5 Å². The van der Waals surface area contributed by atoms with Gasteiger partial charge in [-0.25, -0.2) is 4.98 Å². The molecule has 6 heteroatoms. The third-order valence-corrected chi connectivity index (χ3v) is 3.16. The van der Waals surface area contributed by atoms with Crippen molar-refractivity contribution in [3.05, 3.63) is 25.8 Å². The van der Waals surface area contributed by atoms with Crippen LogP contribution in [-0.4, -0.2) is 14.5 Å². The van der Waals surface area contributed by atoms with Gasteiger partial charge in [-0.2, -0.15) is 0 Å². The number of nitrogens with zero attached hydrogens (tertiary/aromatic N) is 2. The normalized spacial score (nSPS) is 12.2. The van der Waals surface area contributed by atoms with Crippen LogP contribution >= 0.6 is 11.3 Å². The van der Waals surface area contributed by atoms with E-state index in [4.69, 9.17) is 0 Å². The molecule has 5 nitrogen and oxygen atoms in total. The minimum absolute atomic E-state index is 0.147. The lowest BCUT2D eigenvalue weighted by atomic mass is 10.1. The molecule has 86 valence electrons. The molecule has 2 heterocycles. The number of fused-ring (bicyclic) bond motifs is 1. The summed E-state index contributed by atoms with van der Waals surface area (Å²) in [5, 5.41) is 0. The monoisotopic (exact) mass is 239 g/mol. The molecule has 0 aliphatic rings. The van der Waals surface area contributed by atoms with Crippen molar-refractivity contribution in [3.8, 4) is 0 Å². The van der Waals surface area contributed by atoms with Crippen molar-refractivity contribution in [2.45, 2.75) is 33.2 Å². The lowest BCUT2D eigenvalue weighted by Gasteiger charge is -2.20. The fourth-order valence-electron chi connectivity index (χ4n) is 1.61. The summed E-state index contributed by atoms with van der Waals surface area (Å²) in [4.78, 5) is 30.2. The molecule has 0 aliphatic heterocycles. The van der Waals surface area contributed by atoms with Crippen molar-refractivity contribution in [2.75, 3.05) is 0 Å². The number of thiazole rings is 1. The van der Waals surface area contributed by atoms with E-state index in [1.807, 2.05) is 20.8 Å². The highest BCUT2D eigenvalue weighted by Crippen LogP contribution is 2.19. The van der Waals surface area contributed by atoms with Crippen LogP contribution in [0.2, 0.25) is 0 Å². The Morgan fingerprint density at radius 1 is 1.31 bits per heavy atom. The summed E-state index contributed by atoms with van der Waals surface area (Å²) in [5.74, 6) is 0.522. The largest absolute Gasteiger partial charge is 0.310 e. The molecule has 0 aliphatic carbocycles. The summed E-state index contributed by atoms with van der Waals surface area (Å²) in [6, 6.07) is 0. The highest BCUT2D eigenvalue weighted by molar-refractivity contribution is 7.16. The summed E-state index contributed by atoms with van der Waals surface area (Å²) in [5.41, 5.74) is -0.140. The minimum Gasteiger partial charge on any atom is -0.309 e. The Kier molecular flexibility index (Phi) is 2.27. The molecule has 0 fully saturated rings. The molecule has 2 rings (SSSR count). The molecule has 0 atom stereocenters. The minimum atomic E-state index is -0.372. The third-order valence-electron chi connectivity index (χ3n) is 2.23. The molecule has 0 saturated heterocycles. The second kappa shape index (κ2) is 3.28. The van der Waals surface area contributed by atoms with Gasteiger partial charge < -0.3 is 4.98 Å². The lowest BCUT2D eigenvalue weighted by Crippen LogP contribution is -2.30. The highest BCUT2D eigenvalue weighted by Gasteiger charge is 2.22. The molecule has 16 heavy (non-hydrogen) atoms. The van der Waals surface area contributed by atoms with Gasteiger partial charge in [0.2, 0.25) is 0 Å². The van der Waals surface area contributed by atoms with Crippen molar-refractivity contribution in [2.24, 2.45) is 0 Å². The van der Waals surface area contributed by atoms with Crippen LogP contribution in [0, 0.1) is 6.92 Å². The van der Waals surface area contributed by atoms with E-state index in [9.17, 15) is 9.59 Å². The molecule has 0 aromatic carbocycles. The van der Waals surface area contributed by atoms with Crippen LogP contribution in [0.3, 0.4) is 0 Å². The Morgan fingerprint density at radius 2 is 1.94 bits per heavy atom. The summed E-state index contributed by atoms with van der Waals surface area (Å²) < 4.78 is 1.96. The van der Waals surface area contributed by atoms with E-state index < -0.39 is 0 Å². The third kappa shape index (κ3) is 1.59. The van der Waals surface area contributed by atoms with Crippen molar-refractivity contribution in [1.82, 2.24) is 14.5 Å². The molecule has 0 amide bonds. The Bertz CT molecular complexity index is 657. The van der Waals surface area contributed by atoms with E-state index in [1.165, 1.54) is 0 Å². The zero-order chi connectivity index (χ0) is 12.1.